The Morgan fingerprint density at radius 3 is 2.31 bits per heavy atom. The molecule has 4 rings (SSSR count). The standard InChI is InChI=1S/C23H17Cl2NO6/c1-30-17-11-18(31-2)15(25)10-14(17)21(27)19-20(16-4-3-9-32-16)26(23(29)22(19)28)13-7-5-12(24)6-8-13/h3-11,20,27H,1-2H3/b21-19-. The highest BCUT2D eigenvalue weighted by molar-refractivity contribution is 6.51. The smallest absolute Gasteiger partial charge is 0.300 e. The molecule has 1 atom stereocenters. The third kappa shape index (κ3) is 3.59. The van der Waals surface area contributed by atoms with Crippen molar-refractivity contribution in [1.82, 2.24) is 0 Å². The van der Waals surface area contributed by atoms with E-state index in [9.17, 15) is 14.7 Å². The summed E-state index contributed by atoms with van der Waals surface area (Å²) in [6.45, 7) is 0. The molecule has 1 N–H and O–H groups in total. The van der Waals surface area contributed by atoms with E-state index in [1.807, 2.05) is 0 Å². The summed E-state index contributed by atoms with van der Waals surface area (Å²) in [5, 5.41) is 11.9. The summed E-state index contributed by atoms with van der Waals surface area (Å²) in [6, 6.07) is 11.5. The molecule has 0 radical (unpaired) electrons. The molecule has 1 amide bonds. The van der Waals surface area contributed by atoms with Crippen molar-refractivity contribution in [2.45, 2.75) is 6.04 Å². The van der Waals surface area contributed by atoms with Crippen LogP contribution in [0.5, 0.6) is 11.5 Å². The van der Waals surface area contributed by atoms with Crippen LogP contribution in [0.3, 0.4) is 0 Å². The van der Waals surface area contributed by atoms with Gasteiger partial charge in [-0.2, -0.15) is 0 Å². The topological polar surface area (TPSA) is 89.2 Å². The molecule has 0 aliphatic carbocycles. The summed E-state index contributed by atoms with van der Waals surface area (Å²) in [5.74, 6) is -1.34. The zero-order valence-electron chi connectivity index (χ0n) is 17.0. The van der Waals surface area contributed by atoms with Crippen molar-refractivity contribution in [2.24, 2.45) is 0 Å². The van der Waals surface area contributed by atoms with E-state index < -0.39 is 23.5 Å². The van der Waals surface area contributed by atoms with Gasteiger partial charge in [-0.25, -0.2) is 0 Å². The Hall–Kier alpha value is -3.42. The zero-order valence-corrected chi connectivity index (χ0v) is 18.5. The highest BCUT2D eigenvalue weighted by Gasteiger charge is 2.48. The van der Waals surface area contributed by atoms with Gasteiger partial charge in [0.2, 0.25) is 0 Å². The number of furan rings is 1. The maximum Gasteiger partial charge on any atom is 0.300 e. The van der Waals surface area contributed by atoms with E-state index in [0.717, 1.165) is 0 Å². The molecule has 164 valence electrons. The molecule has 1 aromatic heterocycles. The van der Waals surface area contributed by atoms with Gasteiger partial charge < -0.3 is 19.0 Å². The normalized spacial score (nSPS) is 17.6. The predicted molar refractivity (Wildman–Crippen MR) is 119 cm³/mol. The number of anilines is 1. The summed E-state index contributed by atoms with van der Waals surface area (Å²) in [5.41, 5.74) is 0.375. The minimum absolute atomic E-state index is 0.129. The van der Waals surface area contributed by atoms with Crippen LogP contribution in [0.25, 0.3) is 5.76 Å². The highest BCUT2D eigenvalue weighted by Crippen LogP contribution is 2.44. The van der Waals surface area contributed by atoms with Crippen LogP contribution in [0.4, 0.5) is 5.69 Å². The first-order valence-electron chi connectivity index (χ1n) is 9.39. The van der Waals surface area contributed by atoms with E-state index in [1.165, 1.54) is 37.5 Å². The van der Waals surface area contributed by atoms with Gasteiger partial charge in [0.05, 0.1) is 36.6 Å². The van der Waals surface area contributed by atoms with Crippen LogP contribution in [-0.2, 0) is 9.59 Å². The van der Waals surface area contributed by atoms with Crippen molar-refractivity contribution in [3.05, 3.63) is 81.7 Å². The molecule has 0 spiro atoms. The van der Waals surface area contributed by atoms with Crippen LogP contribution in [0, 0.1) is 0 Å². The van der Waals surface area contributed by atoms with Crippen molar-refractivity contribution in [3.8, 4) is 11.5 Å². The third-order valence-electron chi connectivity index (χ3n) is 5.09. The molecule has 7 nitrogen and oxygen atoms in total. The maximum atomic E-state index is 13.1. The average Bonchev–Trinajstić information content (AvgIpc) is 3.41. The molecule has 1 saturated heterocycles. The first kappa shape index (κ1) is 21.8. The van der Waals surface area contributed by atoms with Crippen LogP contribution in [0.1, 0.15) is 17.4 Å². The van der Waals surface area contributed by atoms with Gasteiger partial charge in [0.15, 0.2) is 0 Å². The number of aliphatic hydroxyl groups excluding tert-OH is 1. The fraction of sp³-hybridized carbons (Fsp3) is 0.130. The number of ketones is 1. The number of amides is 1. The second-order valence-electron chi connectivity index (χ2n) is 6.85. The number of rotatable bonds is 5. The lowest BCUT2D eigenvalue weighted by atomic mass is 9.98. The van der Waals surface area contributed by atoms with Crippen LogP contribution in [0.2, 0.25) is 10.0 Å². The summed E-state index contributed by atoms with van der Waals surface area (Å²) >= 11 is 12.2. The molecule has 2 heterocycles. The molecule has 3 aromatic rings. The van der Waals surface area contributed by atoms with E-state index in [0.29, 0.717) is 22.2 Å². The number of hydrogen-bond acceptors (Lipinski definition) is 6. The van der Waals surface area contributed by atoms with Crippen LogP contribution in [0.15, 0.2) is 64.8 Å². The zero-order chi connectivity index (χ0) is 23.0. The number of nitrogens with zero attached hydrogens (tertiary/aromatic N) is 1. The van der Waals surface area contributed by atoms with Crippen molar-refractivity contribution >= 4 is 46.3 Å². The second kappa shape index (κ2) is 8.61. The monoisotopic (exact) mass is 473 g/mol. The number of ether oxygens (including phenoxy) is 2. The van der Waals surface area contributed by atoms with Gasteiger partial charge in [-0.3, -0.25) is 14.5 Å². The lowest BCUT2D eigenvalue weighted by Crippen LogP contribution is -2.29. The summed E-state index contributed by atoms with van der Waals surface area (Å²) in [7, 11) is 2.84. The van der Waals surface area contributed by atoms with Crippen molar-refractivity contribution < 1.29 is 28.6 Å². The quantitative estimate of drug-likeness (QED) is 0.310. The summed E-state index contributed by atoms with van der Waals surface area (Å²) in [6.07, 6.45) is 1.42. The number of aliphatic hydroxyl groups is 1. The number of hydrogen-bond donors (Lipinski definition) is 1. The largest absolute Gasteiger partial charge is 0.507 e. The molecular formula is C23H17Cl2NO6. The molecule has 0 bridgehead atoms. The van der Waals surface area contributed by atoms with Gasteiger partial charge in [0.1, 0.15) is 29.1 Å². The molecule has 9 heteroatoms. The molecule has 1 fully saturated rings. The van der Waals surface area contributed by atoms with Gasteiger partial charge in [-0.05, 0) is 42.5 Å². The number of methoxy groups -OCH3 is 2. The Bertz CT molecular complexity index is 1220. The van der Waals surface area contributed by atoms with Gasteiger partial charge in [-0.15, -0.1) is 0 Å². The molecule has 0 saturated carbocycles. The third-order valence-corrected chi connectivity index (χ3v) is 5.64. The lowest BCUT2D eigenvalue weighted by molar-refractivity contribution is -0.132. The predicted octanol–water partition coefficient (Wildman–Crippen LogP) is 5.23. The number of carbonyl (C=O) groups excluding carboxylic acids is 2. The SMILES string of the molecule is COc1cc(OC)c(/C(O)=C2/C(=O)C(=O)N(c3ccc(Cl)cc3)C2c2ccco2)cc1Cl. The molecular weight excluding hydrogens is 457 g/mol. The Morgan fingerprint density at radius 1 is 1.03 bits per heavy atom. The van der Waals surface area contributed by atoms with E-state index in [4.69, 9.17) is 37.1 Å². The van der Waals surface area contributed by atoms with Gasteiger partial charge in [0, 0.05) is 16.8 Å². The Kier molecular flexibility index (Phi) is 5.86. The minimum atomic E-state index is -1.02. The van der Waals surface area contributed by atoms with Gasteiger partial charge in [0.25, 0.3) is 11.7 Å². The fourth-order valence-corrected chi connectivity index (χ4v) is 3.97. The van der Waals surface area contributed by atoms with Crippen molar-refractivity contribution in [3.63, 3.8) is 0 Å². The minimum Gasteiger partial charge on any atom is -0.507 e. The van der Waals surface area contributed by atoms with Gasteiger partial charge in [-0.1, -0.05) is 23.2 Å². The second-order valence-corrected chi connectivity index (χ2v) is 7.69. The summed E-state index contributed by atoms with van der Waals surface area (Å²) in [4.78, 5) is 27.4. The highest BCUT2D eigenvalue weighted by atomic mass is 35.5. The average molecular weight is 474 g/mol. The molecule has 32 heavy (non-hydrogen) atoms. The number of halogens is 2. The number of benzene rings is 2. The summed E-state index contributed by atoms with van der Waals surface area (Å²) < 4.78 is 16.1. The number of Topliss-reactive ketones (excluding diaryl/α,β-unsaturated/α-hetero) is 1. The fourth-order valence-electron chi connectivity index (χ4n) is 3.61. The van der Waals surface area contributed by atoms with E-state index >= 15 is 0 Å². The van der Waals surface area contributed by atoms with E-state index in [1.54, 1.807) is 36.4 Å². The first-order valence-corrected chi connectivity index (χ1v) is 10.1. The van der Waals surface area contributed by atoms with Gasteiger partial charge >= 0.3 is 0 Å². The lowest BCUT2D eigenvalue weighted by Gasteiger charge is -2.23. The molecule has 1 unspecified atom stereocenters. The van der Waals surface area contributed by atoms with Crippen molar-refractivity contribution in [1.29, 1.82) is 0 Å². The van der Waals surface area contributed by atoms with E-state index in [2.05, 4.69) is 0 Å². The van der Waals surface area contributed by atoms with E-state index in [-0.39, 0.29) is 21.9 Å². The van der Waals surface area contributed by atoms with Crippen LogP contribution < -0.4 is 14.4 Å². The molecule has 1 aliphatic heterocycles. The van der Waals surface area contributed by atoms with Crippen molar-refractivity contribution in [2.75, 3.05) is 19.1 Å². The Morgan fingerprint density at radius 2 is 1.72 bits per heavy atom. The van der Waals surface area contributed by atoms with Crippen LogP contribution >= 0.6 is 23.2 Å². The maximum absolute atomic E-state index is 13.1. The Labute approximate surface area is 193 Å². The first-order chi connectivity index (χ1) is 15.4. The Balaban J connectivity index is 1.95. The number of carbonyl (C=O) groups is 2. The van der Waals surface area contributed by atoms with Crippen LogP contribution in [-0.4, -0.2) is 31.0 Å². The molecule has 2 aromatic carbocycles. The molecule has 1 aliphatic rings.